The largest absolute Gasteiger partial charge is 0.496 e. The van der Waals surface area contributed by atoms with Crippen molar-refractivity contribution in [2.24, 2.45) is 11.7 Å². The predicted molar refractivity (Wildman–Crippen MR) is 75.9 cm³/mol. The van der Waals surface area contributed by atoms with E-state index in [9.17, 15) is 0 Å². The first-order valence-corrected chi connectivity index (χ1v) is 7.14. The Morgan fingerprint density at radius 3 is 3.06 bits per heavy atom. The van der Waals surface area contributed by atoms with E-state index in [4.69, 9.17) is 15.2 Å². The fraction of sp³-hybridized carbons (Fsp3) is 0.571. The van der Waals surface area contributed by atoms with Gasteiger partial charge in [-0.3, -0.25) is 0 Å². The van der Waals surface area contributed by atoms with Gasteiger partial charge in [0.1, 0.15) is 5.75 Å². The molecule has 18 heavy (non-hydrogen) atoms. The third-order valence-electron chi connectivity index (χ3n) is 3.38. The molecular formula is C14H20BrNO2. The highest BCUT2D eigenvalue weighted by Crippen LogP contribution is 2.26. The summed E-state index contributed by atoms with van der Waals surface area (Å²) in [7, 11) is 1.70. The van der Waals surface area contributed by atoms with Gasteiger partial charge < -0.3 is 15.2 Å². The lowest BCUT2D eigenvalue weighted by Crippen LogP contribution is -2.26. The van der Waals surface area contributed by atoms with E-state index in [1.807, 2.05) is 12.1 Å². The SMILES string of the molecule is COc1ccc(Br)cc1CC(N)CC1CCOC1. The van der Waals surface area contributed by atoms with Gasteiger partial charge in [-0.15, -0.1) is 0 Å². The number of nitrogens with two attached hydrogens (primary N) is 1. The van der Waals surface area contributed by atoms with Gasteiger partial charge in [0.15, 0.2) is 0 Å². The normalized spacial score (nSPS) is 20.9. The minimum absolute atomic E-state index is 0.167. The van der Waals surface area contributed by atoms with Crippen LogP contribution in [0.25, 0.3) is 0 Å². The lowest BCUT2D eigenvalue weighted by atomic mass is 9.95. The number of hydrogen-bond acceptors (Lipinski definition) is 3. The zero-order valence-electron chi connectivity index (χ0n) is 10.7. The highest BCUT2D eigenvalue weighted by Gasteiger charge is 2.19. The minimum atomic E-state index is 0.167. The highest BCUT2D eigenvalue weighted by atomic mass is 79.9. The lowest BCUT2D eigenvalue weighted by molar-refractivity contribution is 0.182. The first kappa shape index (κ1) is 13.8. The van der Waals surface area contributed by atoms with Gasteiger partial charge in [0.05, 0.1) is 7.11 Å². The molecule has 0 radical (unpaired) electrons. The third-order valence-corrected chi connectivity index (χ3v) is 3.88. The molecule has 0 aromatic heterocycles. The summed E-state index contributed by atoms with van der Waals surface area (Å²) in [6, 6.07) is 6.22. The number of hydrogen-bond donors (Lipinski definition) is 1. The molecule has 2 rings (SSSR count). The van der Waals surface area contributed by atoms with Gasteiger partial charge in [0.25, 0.3) is 0 Å². The molecule has 1 aromatic carbocycles. The van der Waals surface area contributed by atoms with Gasteiger partial charge in [-0.1, -0.05) is 15.9 Å². The van der Waals surface area contributed by atoms with Crippen LogP contribution in [0.3, 0.4) is 0 Å². The van der Waals surface area contributed by atoms with Crippen LogP contribution in [0.5, 0.6) is 5.75 Å². The molecule has 0 bridgehead atoms. The van der Waals surface area contributed by atoms with Crippen LogP contribution in [-0.4, -0.2) is 26.4 Å². The van der Waals surface area contributed by atoms with E-state index in [1.54, 1.807) is 7.11 Å². The molecular weight excluding hydrogens is 294 g/mol. The summed E-state index contributed by atoms with van der Waals surface area (Å²) in [6.45, 7) is 1.75. The molecule has 0 spiro atoms. The molecule has 0 amide bonds. The van der Waals surface area contributed by atoms with Gasteiger partial charge in [0, 0.05) is 23.7 Å². The smallest absolute Gasteiger partial charge is 0.122 e. The summed E-state index contributed by atoms with van der Waals surface area (Å²) in [5.41, 5.74) is 7.40. The highest BCUT2D eigenvalue weighted by molar-refractivity contribution is 9.10. The molecule has 1 aromatic rings. The zero-order valence-corrected chi connectivity index (χ0v) is 12.3. The molecule has 100 valence electrons. The molecule has 2 N–H and O–H groups in total. The average Bonchev–Trinajstić information content (AvgIpc) is 2.82. The average molecular weight is 314 g/mol. The Morgan fingerprint density at radius 1 is 1.56 bits per heavy atom. The van der Waals surface area contributed by atoms with Crippen LogP contribution in [0.15, 0.2) is 22.7 Å². The lowest BCUT2D eigenvalue weighted by Gasteiger charge is -2.17. The van der Waals surface area contributed by atoms with Crippen molar-refractivity contribution in [1.82, 2.24) is 0 Å². The van der Waals surface area contributed by atoms with Crippen molar-refractivity contribution in [3.63, 3.8) is 0 Å². The predicted octanol–water partition coefficient (Wildman–Crippen LogP) is 2.75. The van der Waals surface area contributed by atoms with Crippen LogP contribution in [0.4, 0.5) is 0 Å². The van der Waals surface area contributed by atoms with Crippen LogP contribution < -0.4 is 10.5 Å². The van der Waals surface area contributed by atoms with E-state index in [-0.39, 0.29) is 6.04 Å². The van der Waals surface area contributed by atoms with Crippen LogP contribution in [0.2, 0.25) is 0 Å². The maximum absolute atomic E-state index is 6.23. The van der Waals surface area contributed by atoms with E-state index in [2.05, 4.69) is 22.0 Å². The number of halogens is 1. The number of rotatable bonds is 5. The van der Waals surface area contributed by atoms with Crippen LogP contribution in [0.1, 0.15) is 18.4 Å². The van der Waals surface area contributed by atoms with Crippen molar-refractivity contribution >= 4 is 15.9 Å². The second kappa shape index (κ2) is 6.55. The number of ether oxygens (including phenoxy) is 2. The number of benzene rings is 1. The summed E-state index contributed by atoms with van der Waals surface area (Å²) in [5.74, 6) is 1.54. The zero-order chi connectivity index (χ0) is 13.0. The fourth-order valence-electron chi connectivity index (χ4n) is 2.47. The Kier molecular flexibility index (Phi) is 5.03. The summed E-state index contributed by atoms with van der Waals surface area (Å²) in [6.07, 6.45) is 3.01. The Balaban J connectivity index is 1.96. The Hall–Kier alpha value is -0.580. The molecule has 1 aliphatic heterocycles. The maximum atomic E-state index is 6.23. The van der Waals surface area contributed by atoms with E-state index >= 15 is 0 Å². The molecule has 1 heterocycles. The van der Waals surface area contributed by atoms with Crippen LogP contribution >= 0.6 is 15.9 Å². The Bertz CT molecular complexity index is 391. The molecule has 0 aliphatic carbocycles. The van der Waals surface area contributed by atoms with Gasteiger partial charge >= 0.3 is 0 Å². The van der Waals surface area contributed by atoms with Crippen molar-refractivity contribution in [3.8, 4) is 5.75 Å². The topological polar surface area (TPSA) is 44.5 Å². The van der Waals surface area contributed by atoms with Gasteiger partial charge in [0.2, 0.25) is 0 Å². The quantitative estimate of drug-likeness (QED) is 0.909. The van der Waals surface area contributed by atoms with E-state index in [0.29, 0.717) is 5.92 Å². The van der Waals surface area contributed by atoms with Crippen molar-refractivity contribution in [3.05, 3.63) is 28.2 Å². The van der Waals surface area contributed by atoms with Crippen molar-refractivity contribution in [1.29, 1.82) is 0 Å². The molecule has 2 atom stereocenters. The molecule has 1 aliphatic rings. The molecule has 1 saturated heterocycles. The fourth-order valence-corrected chi connectivity index (χ4v) is 2.88. The van der Waals surface area contributed by atoms with E-state index in [1.165, 1.54) is 5.56 Å². The van der Waals surface area contributed by atoms with E-state index < -0.39 is 0 Å². The van der Waals surface area contributed by atoms with Crippen LogP contribution in [0, 0.1) is 5.92 Å². The van der Waals surface area contributed by atoms with Gasteiger partial charge in [-0.2, -0.15) is 0 Å². The Morgan fingerprint density at radius 2 is 2.39 bits per heavy atom. The molecule has 0 saturated carbocycles. The van der Waals surface area contributed by atoms with E-state index in [0.717, 1.165) is 42.7 Å². The Labute approximate surface area is 117 Å². The summed E-state index contributed by atoms with van der Waals surface area (Å²) < 4.78 is 11.8. The standard InChI is InChI=1S/C14H20BrNO2/c1-17-14-3-2-12(15)7-11(14)8-13(16)6-10-4-5-18-9-10/h2-3,7,10,13H,4-6,8-9,16H2,1H3. The minimum Gasteiger partial charge on any atom is -0.496 e. The van der Waals surface area contributed by atoms with Gasteiger partial charge in [-0.25, -0.2) is 0 Å². The first-order chi connectivity index (χ1) is 8.69. The summed E-state index contributed by atoms with van der Waals surface area (Å²) in [5, 5.41) is 0. The third kappa shape index (κ3) is 3.70. The second-order valence-electron chi connectivity index (χ2n) is 4.89. The van der Waals surface area contributed by atoms with Gasteiger partial charge in [-0.05, 0) is 48.9 Å². The second-order valence-corrected chi connectivity index (χ2v) is 5.80. The molecule has 3 nitrogen and oxygen atoms in total. The summed E-state index contributed by atoms with van der Waals surface area (Å²) >= 11 is 3.49. The molecule has 4 heteroatoms. The molecule has 2 unspecified atom stereocenters. The monoisotopic (exact) mass is 313 g/mol. The first-order valence-electron chi connectivity index (χ1n) is 6.34. The van der Waals surface area contributed by atoms with Crippen molar-refractivity contribution < 1.29 is 9.47 Å². The van der Waals surface area contributed by atoms with Crippen molar-refractivity contribution in [2.75, 3.05) is 20.3 Å². The molecule has 1 fully saturated rings. The number of methoxy groups -OCH3 is 1. The maximum Gasteiger partial charge on any atom is 0.122 e. The summed E-state index contributed by atoms with van der Waals surface area (Å²) in [4.78, 5) is 0. The van der Waals surface area contributed by atoms with Crippen molar-refractivity contribution in [2.45, 2.75) is 25.3 Å². The van der Waals surface area contributed by atoms with Crippen LogP contribution in [-0.2, 0) is 11.2 Å².